The van der Waals surface area contributed by atoms with E-state index in [9.17, 15) is 18.0 Å². The first-order valence-corrected chi connectivity index (χ1v) is 11.1. The minimum absolute atomic E-state index is 0.0868. The number of hydrogen-bond donors (Lipinski definition) is 3. The summed E-state index contributed by atoms with van der Waals surface area (Å²) in [6.45, 7) is 2.26. The van der Waals surface area contributed by atoms with E-state index < -0.39 is 24.2 Å². The lowest BCUT2D eigenvalue weighted by Crippen LogP contribution is -2.36. The molecular weight excluding hydrogens is 443 g/mol. The number of carbonyl (C=O) groups excluding carboxylic acids is 1. The molecule has 1 amide bonds. The molecule has 176 valence electrons. The van der Waals surface area contributed by atoms with E-state index in [0.29, 0.717) is 13.0 Å². The normalized spacial score (nSPS) is 17.9. The Hall–Kier alpha value is -3.75. The number of fused-ring (bicyclic) bond motifs is 2. The number of para-hydroxylation sites is 1. The van der Waals surface area contributed by atoms with Crippen LogP contribution in [0.4, 0.5) is 19.0 Å². The molecule has 3 heterocycles. The molecule has 0 aliphatic carbocycles. The Kier molecular flexibility index (Phi) is 5.55. The fourth-order valence-electron chi connectivity index (χ4n) is 4.49. The van der Waals surface area contributed by atoms with Crippen LogP contribution in [0.5, 0.6) is 0 Å². The second kappa shape index (κ2) is 8.55. The van der Waals surface area contributed by atoms with Gasteiger partial charge < -0.3 is 15.6 Å². The molecule has 4 aromatic rings. The number of carbonyl (C=O) groups is 1. The Morgan fingerprint density at radius 2 is 1.94 bits per heavy atom. The van der Waals surface area contributed by atoms with E-state index in [0.717, 1.165) is 32.3 Å². The molecule has 9 heteroatoms. The molecule has 0 spiro atoms. The molecule has 0 fully saturated rings. The molecule has 3 N–H and O–H groups in total. The maximum atomic E-state index is 13.9. The Bertz CT molecular complexity index is 1320. The third kappa shape index (κ3) is 4.13. The zero-order valence-corrected chi connectivity index (χ0v) is 18.5. The number of hydrogen-bond acceptors (Lipinski definition) is 3. The lowest BCUT2D eigenvalue weighted by Gasteiger charge is -2.34. The van der Waals surface area contributed by atoms with Crippen molar-refractivity contribution in [2.75, 3.05) is 11.9 Å². The van der Waals surface area contributed by atoms with Gasteiger partial charge in [-0.2, -0.15) is 18.3 Å². The molecule has 2 aromatic carbocycles. The molecule has 0 bridgehead atoms. The van der Waals surface area contributed by atoms with Crippen LogP contribution in [0.1, 0.15) is 45.6 Å². The van der Waals surface area contributed by atoms with E-state index in [1.54, 1.807) is 0 Å². The largest absolute Gasteiger partial charge is 0.410 e. The van der Waals surface area contributed by atoms with Gasteiger partial charge in [0.05, 0.1) is 12.2 Å². The average molecular weight is 467 g/mol. The molecule has 2 unspecified atom stereocenters. The molecule has 0 saturated heterocycles. The Balaban J connectivity index is 1.35. The number of H-pyrrole nitrogens is 1. The highest BCUT2D eigenvalue weighted by molar-refractivity contribution is 5.99. The predicted molar refractivity (Wildman–Crippen MR) is 124 cm³/mol. The molecular formula is C25H24F3N5O. The minimum Gasteiger partial charge on any atom is -0.363 e. The third-order valence-corrected chi connectivity index (χ3v) is 6.32. The zero-order chi connectivity index (χ0) is 23.9. The summed E-state index contributed by atoms with van der Waals surface area (Å²) in [6.07, 6.45) is -0.999. The number of aromatic nitrogens is 3. The predicted octanol–water partition coefficient (Wildman–Crippen LogP) is 5.31. The van der Waals surface area contributed by atoms with Crippen molar-refractivity contribution in [3.8, 4) is 0 Å². The van der Waals surface area contributed by atoms with Gasteiger partial charge in [0.1, 0.15) is 11.4 Å². The maximum Gasteiger partial charge on any atom is 0.410 e. The number of anilines is 1. The van der Waals surface area contributed by atoms with Crippen molar-refractivity contribution in [2.45, 2.75) is 38.0 Å². The van der Waals surface area contributed by atoms with Gasteiger partial charge in [-0.15, -0.1) is 0 Å². The quantitative estimate of drug-likeness (QED) is 0.373. The molecule has 5 rings (SSSR count). The summed E-state index contributed by atoms with van der Waals surface area (Å²) < 4.78 is 42.5. The van der Waals surface area contributed by atoms with Gasteiger partial charge in [-0.05, 0) is 30.5 Å². The smallest absolute Gasteiger partial charge is 0.363 e. The standard InChI is InChI=1S/C25H24F3N5O/c1-15-6-8-16(9-7-15)21-12-22(25(26,27)28)33-23(32-21)19(14-31-33)24(34)29-11-10-17-13-30-20-5-3-2-4-18(17)20/h2-9,13-14,21-22,30,32H,10-12H2,1H3,(H,29,34). The topological polar surface area (TPSA) is 74.7 Å². The van der Waals surface area contributed by atoms with E-state index >= 15 is 0 Å². The monoisotopic (exact) mass is 467 g/mol. The molecule has 34 heavy (non-hydrogen) atoms. The van der Waals surface area contributed by atoms with Crippen LogP contribution in [-0.2, 0) is 6.42 Å². The van der Waals surface area contributed by atoms with Gasteiger partial charge in [0, 0.05) is 30.1 Å². The van der Waals surface area contributed by atoms with E-state index in [1.165, 1.54) is 6.20 Å². The second-order valence-corrected chi connectivity index (χ2v) is 8.62. The highest BCUT2D eigenvalue weighted by Crippen LogP contribution is 2.44. The number of halogens is 3. The van der Waals surface area contributed by atoms with Crippen LogP contribution in [0.15, 0.2) is 60.9 Å². The molecule has 1 aliphatic rings. The number of amides is 1. The van der Waals surface area contributed by atoms with Gasteiger partial charge in [0.25, 0.3) is 5.91 Å². The number of benzene rings is 2. The van der Waals surface area contributed by atoms with Crippen molar-refractivity contribution in [2.24, 2.45) is 0 Å². The molecule has 2 aromatic heterocycles. The number of aromatic amines is 1. The number of nitrogens with one attached hydrogen (secondary N) is 3. The molecule has 6 nitrogen and oxygen atoms in total. The van der Waals surface area contributed by atoms with Crippen molar-refractivity contribution < 1.29 is 18.0 Å². The second-order valence-electron chi connectivity index (χ2n) is 8.62. The van der Waals surface area contributed by atoms with Crippen LogP contribution in [0.2, 0.25) is 0 Å². The summed E-state index contributed by atoms with van der Waals surface area (Å²) >= 11 is 0. The van der Waals surface area contributed by atoms with Gasteiger partial charge in [-0.3, -0.25) is 4.79 Å². The van der Waals surface area contributed by atoms with E-state index in [4.69, 9.17) is 0 Å². The highest BCUT2D eigenvalue weighted by atomic mass is 19.4. The SMILES string of the molecule is Cc1ccc(C2CC(C(F)(F)F)n3ncc(C(=O)NCCc4c[nH]c5ccccc45)c3N2)cc1. The van der Waals surface area contributed by atoms with Crippen molar-refractivity contribution in [3.05, 3.63) is 83.2 Å². The van der Waals surface area contributed by atoms with E-state index in [1.807, 2.05) is 61.7 Å². The van der Waals surface area contributed by atoms with Crippen LogP contribution >= 0.6 is 0 Å². The number of alkyl halides is 3. The summed E-state index contributed by atoms with van der Waals surface area (Å²) in [5, 5.41) is 11.0. The van der Waals surface area contributed by atoms with Crippen LogP contribution in [0.25, 0.3) is 10.9 Å². The van der Waals surface area contributed by atoms with Crippen LogP contribution in [-0.4, -0.2) is 33.4 Å². The highest BCUT2D eigenvalue weighted by Gasteiger charge is 2.47. The van der Waals surface area contributed by atoms with Crippen molar-refractivity contribution in [3.63, 3.8) is 0 Å². The van der Waals surface area contributed by atoms with Crippen molar-refractivity contribution in [1.29, 1.82) is 0 Å². The third-order valence-electron chi connectivity index (χ3n) is 6.32. The molecule has 0 radical (unpaired) electrons. The van der Waals surface area contributed by atoms with Crippen LogP contribution in [0.3, 0.4) is 0 Å². The number of aryl methyl sites for hydroxylation is 1. The van der Waals surface area contributed by atoms with Crippen molar-refractivity contribution in [1.82, 2.24) is 20.1 Å². The summed E-state index contributed by atoms with van der Waals surface area (Å²) in [7, 11) is 0. The van der Waals surface area contributed by atoms with Gasteiger partial charge in [0.15, 0.2) is 6.04 Å². The lowest BCUT2D eigenvalue weighted by molar-refractivity contribution is -0.173. The Morgan fingerprint density at radius 3 is 2.71 bits per heavy atom. The fraction of sp³-hybridized carbons (Fsp3) is 0.280. The molecule has 0 saturated carbocycles. The van der Waals surface area contributed by atoms with Gasteiger partial charge in [-0.1, -0.05) is 48.0 Å². The van der Waals surface area contributed by atoms with Crippen LogP contribution in [0, 0.1) is 6.92 Å². The lowest BCUT2D eigenvalue weighted by atomic mass is 9.96. The van der Waals surface area contributed by atoms with Gasteiger partial charge in [-0.25, -0.2) is 4.68 Å². The number of nitrogens with zero attached hydrogens (tertiary/aromatic N) is 2. The summed E-state index contributed by atoms with van der Waals surface area (Å²) in [6, 6.07) is 12.8. The van der Waals surface area contributed by atoms with E-state index in [2.05, 4.69) is 20.7 Å². The fourth-order valence-corrected chi connectivity index (χ4v) is 4.49. The van der Waals surface area contributed by atoms with Crippen LogP contribution < -0.4 is 10.6 Å². The molecule has 2 atom stereocenters. The minimum atomic E-state index is -4.49. The Labute approximate surface area is 194 Å². The zero-order valence-electron chi connectivity index (χ0n) is 18.5. The summed E-state index contributed by atoms with van der Waals surface area (Å²) in [5.74, 6) is -0.372. The first-order valence-electron chi connectivity index (χ1n) is 11.1. The number of rotatable bonds is 5. The summed E-state index contributed by atoms with van der Waals surface area (Å²) in [4.78, 5) is 16.1. The first-order chi connectivity index (χ1) is 16.3. The Morgan fingerprint density at radius 1 is 1.18 bits per heavy atom. The molecule has 1 aliphatic heterocycles. The van der Waals surface area contributed by atoms with Gasteiger partial charge in [0.2, 0.25) is 0 Å². The average Bonchev–Trinajstić information content (AvgIpc) is 3.42. The van der Waals surface area contributed by atoms with E-state index in [-0.39, 0.29) is 17.8 Å². The maximum absolute atomic E-state index is 13.9. The summed E-state index contributed by atoms with van der Waals surface area (Å²) in [5.41, 5.74) is 3.93. The van der Waals surface area contributed by atoms with Crippen molar-refractivity contribution >= 4 is 22.6 Å². The first kappa shape index (κ1) is 22.1. The van der Waals surface area contributed by atoms with Gasteiger partial charge >= 0.3 is 6.18 Å².